The Morgan fingerprint density at radius 1 is 1.04 bits per heavy atom. The second kappa shape index (κ2) is 8.23. The zero-order valence-corrected chi connectivity index (χ0v) is 15.9. The van der Waals surface area contributed by atoms with Crippen molar-refractivity contribution in [3.8, 4) is 11.5 Å². The lowest BCUT2D eigenvalue weighted by atomic mass is 10.2. The number of sulfonamides is 1. The summed E-state index contributed by atoms with van der Waals surface area (Å²) in [5.41, 5.74) is 1.80. The molecule has 2 N–H and O–H groups in total. The monoisotopic (exact) mass is 404 g/mol. The van der Waals surface area contributed by atoms with Gasteiger partial charge < -0.3 is 9.73 Å². The molecule has 0 unspecified atom stereocenters. The molecule has 1 heterocycles. The summed E-state index contributed by atoms with van der Waals surface area (Å²) in [6.45, 7) is 0. The van der Waals surface area contributed by atoms with E-state index < -0.39 is 10.0 Å². The number of aromatic nitrogens is 2. The lowest BCUT2D eigenvalue weighted by Crippen LogP contribution is -2.13. The molecule has 3 aromatic rings. The first-order valence-electron chi connectivity index (χ1n) is 7.78. The van der Waals surface area contributed by atoms with Gasteiger partial charge in [-0.15, -0.1) is 10.2 Å². The maximum atomic E-state index is 11.9. The summed E-state index contributed by atoms with van der Waals surface area (Å²) < 4.78 is 30.3. The van der Waals surface area contributed by atoms with Crippen molar-refractivity contribution >= 4 is 39.1 Å². The van der Waals surface area contributed by atoms with E-state index in [0.717, 1.165) is 23.7 Å². The zero-order valence-electron chi connectivity index (χ0n) is 14.2. The Morgan fingerprint density at radius 2 is 1.74 bits per heavy atom. The average molecular weight is 404 g/mol. The summed E-state index contributed by atoms with van der Waals surface area (Å²) >= 11 is 1.13. The van der Waals surface area contributed by atoms with Crippen LogP contribution in [0.5, 0.6) is 0 Å². The third-order valence-corrected chi connectivity index (χ3v) is 4.65. The molecule has 8 nitrogen and oxygen atoms in total. The molecular formula is C17H16N4O4S2. The van der Waals surface area contributed by atoms with Crippen LogP contribution in [0.4, 0.5) is 11.4 Å². The number of nitrogens with one attached hydrogen (secondary N) is 2. The molecule has 0 aliphatic rings. The van der Waals surface area contributed by atoms with Crippen molar-refractivity contribution in [2.45, 2.75) is 5.22 Å². The van der Waals surface area contributed by atoms with E-state index in [2.05, 4.69) is 20.2 Å². The van der Waals surface area contributed by atoms with Gasteiger partial charge in [0.25, 0.3) is 5.22 Å². The molecule has 0 saturated heterocycles. The van der Waals surface area contributed by atoms with Crippen LogP contribution in [0.1, 0.15) is 0 Å². The molecule has 0 spiro atoms. The summed E-state index contributed by atoms with van der Waals surface area (Å²) in [7, 11) is -3.33. The number of para-hydroxylation sites is 1. The summed E-state index contributed by atoms with van der Waals surface area (Å²) in [5, 5.41) is 10.9. The number of benzene rings is 2. The quantitative estimate of drug-likeness (QED) is 0.582. The molecule has 0 fully saturated rings. The fourth-order valence-electron chi connectivity index (χ4n) is 2.13. The molecule has 0 saturated carbocycles. The third-order valence-electron chi connectivity index (χ3n) is 3.23. The van der Waals surface area contributed by atoms with Gasteiger partial charge in [0.05, 0.1) is 12.0 Å². The normalized spacial score (nSPS) is 11.1. The minimum absolute atomic E-state index is 0.133. The van der Waals surface area contributed by atoms with Gasteiger partial charge in [-0.3, -0.25) is 9.52 Å². The SMILES string of the molecule is CS(=O)(=O)Nc1ccc(-c2nnc(SCC(=O)Nc3ccccc3)o2)cc1. The van der Waals surface area contributed by atoms with E-state index in [4.69, 9.17) is 4.42 Å². The number of hydrogen-bond acceptors (Lipinski definition) is 7. The van der Waals surface area contributed by atoms with Gasteiger partial charge in [-0.2, -0.15) is 0 Å². The molecule has 140 valence electrons. The molecule has 0 atom stereocenters. The second-order valence-electron chi connectivity index (χ2n) is 5.53. The van der Waals surface area contributed by atoms with Crippen LogP contribution in [0, 0.1) is 0 Å². The van der Waals surface area contributed by atoms with Crippen LogP contribution >= 0.6 is 11.8 Å². The first-order chi connectivity index (χ1) is 12.9. The molecule has 2 aromatic carbocycles. The fourth-order valence-corrected chi connectivity index (χ4v) is 3.25. The summed E-state index contributed by atoms with van der Waals surface area (Å²) in [6.07, 6.45) is 1.08. The topological polar surface area (TPSA) is 114 Å². The van der Waals surface area contributed by atoms with Crippen molar-refractivity contribution in [2.24, 2.45) is 0 Å². The Kier molecular flexibility index (Phi) is 5.77. The highest BCUT2D eigenvalue weighted by Crippen LogP contribution is 2.24. The Balaban J connectivity index is 1.57. The van der Waals surface area contributed by atoms with Gasteiger partial charge in [-0.05, 0) is 36.4 Å². The van der Waals surface area contributed by atoms with Gasteiger partial charge in [-0.1, -0.05) is 30.0 Å². The maximum absolute atomic E-state index is 11.9. The predicted octanol–water partition coefficient (Wildman–Crippen LogP) is 2.84. The van der Waals surface area contributed by atoms with E-state index >= 15 is 0 Å². The number of carbonyl (C=O) groups excluding carboxylic acids is 1. The van der Waals surface area contributed by atoms with Crippen molar-refractivity contribution in [1.29, 1.82) is 0 Å². The van der Waals surface area contributed by atoms with Crippen LogP contribution in [-0.2, 0) is 14.8 Å². The molecule has 0 aliphatic heterocycles. The van der Waals surface area contributed by atoms with Gasteiger partial charge in [0.15, 0.2) is 0 Å². The lowest BCUT2D eigenvalue weighted by Gasteiger charge is -2.03. The van der Waals surface area contributed by atoms with Crippen molar-refractivity contribution in [3.63, 3.8) is 0 Å². The first-order valence-corrected chi connectivity index (χ1v) is 10.7. The van der Waals surface area contributed by atoms with E-state index in [1.54, 1.807) is 36.4 Å². The van der Waals surface area contributed by atoms with Crippen LogP contribution in [0.25, 0.3) is 11.5 Å². The fraction of sp³-hybridized carbons (Fsp3) is 0.118. The van der Waals surface area contributed by atoms with E-state index in [0.29, 0.717) is 11.3 Å². The molecule has 1 aromatic heterocycles. The maximum Gasteiger partial charge on any atom is 0.277 e. The minimum atomic E-state index is -3.33. The van der Waals surface area contributed by atoms with Crippen molar-refractivity contribution < 1.29 is 17.6 Å². The summed E-state index contributed by atoms with van der Waals surface area (Å²) in [6, 6.07) is 15.7. The van der Waals surface area contributed by atoms with Crippen LogP contribution in [-0.4, -0.2) is 36.5 Å². The zero-order chi connectivity index (χ0) is 19.3. The van der Waals surface area contributed by atoms with Gasteiger partial charge in [0, 0.05) is 16.9 Å². The van der Waals surface area contributed by atoms with Crippen molar-refractivity contribution in [2.75, 3.05) is 22.0 Å². The van der Waals surface area contributed by atoms with E-state index in [9.17, 15) is 13.2 Å². The predicted molar refractivity (Wildman–Crippen MR) is 104 cm³/mol. The molecule has 0 aliphatic carbocycles. The second-order valence-corrected chi connectivity index (χ2v) is 8.20. The number of carbonyl (C=O) groups is 1. The highest BCUT2D eigenvalue weighted by Gasteiger charge is 2.12. The molecule has 0 radical (unpaired) electrons. The smallest absolute Gasteiger partial charge is 0.277 e. The molecule has 1 amide bonds. The Morgan fingerprint density at radius 3 is 2.41 bits per heavy atom. The molecule has 3 rings (SSSR count). The van der Waals surface area contributed by atoms with Crippen LogP contribution in [0.15, 0.2) is 64.2 Å². The average Bonchev–Trinajstić information content (AvgIpc) is 3.09. The van der Waals surface area contributed by atoms with Gasteiger partial charge >= 0.3 is 0 Å². The molecule has 0 bridgehead atoms. The minimum Gasteiger partial charge on any atom is -0.411 e. The molecule has 10 heteroatoms. The molecular weight excluding hydrogens is 388 g/mol. The Bertz CT molecular complexity index is 1020. The summed E-state index contributed by atoms with van der Waals surface area (Å²) in [5.74, 6) is 0.238. The number of anilines is 2. The van der Waals surface area contributed by atoms with E-state index in [1.807, 2.05) is 18.2 Å². The van der Waals surface area contributed by atoms with Crippen LogP contribution in [0.3, 0.4) is 0 Å². The number of hydrogen-bond donors (Lipinski definition) is 2. The number of thioether (sulfide) groups is 1. The Hall–Kier alpha value is -2.85. The van der Waals surface area contributed by atoms with E-state index in [1.165, 1.54) is 0 Å². The number of rotatable bonds is 7. The van der Waals surface area contributed by atoms with E-state index in [-0.39, 0.29) is 22.8 Å². The van der Waals surface area contributed by atoms with Crippen LogP contribution < -0.4 is 10.0 Å². The largest absolute Gasteiger partial charge is 0.411 e. The van der Waals surface area contributed by atoms with Gasteiger partial charge in [-0.25, -0.2) is 8.42 Å². The van der Waals surface area contributed by atoms with Crippen molar-refractivity contribution in [3.05, 3.63) is 54.6 Å². The first kappa shape index (κ1) is 18.9. The van der Waals surface area contributed by atoms with Crippen molar-refractivity contribution in [1.82, 2.24) is 10.2 Å². The van der Waals surface area contributed by atoms with Gasteiger partial charge in [0.1, 0.15) is 0 Å². The number of amides is 1. The third kappa shape index (κ3) is 5.83. The standard InChI is InChI=1S/C17H16N4O4S2/c1-27(23,24)21-14-9-7-12(8-10-14)16-19-20-17(25-16)26-11-15(22)18-13-5-3-2-4-6-13/h2-10,21H,11H2,1H3,(H,18,22). The Labute approximate surface area is 160 Å². The number of nitrogens with zero attached hydrogens (tertiary/aromatic N) is 2. The molecule has 27 heavy (non-hydrogen) atoms. The van der Waals surface area contributed by atoms with Crippen LogP contribution in [0.2, 0.25) is 0 Å². The highest BCUT2D eigenvalue weighted by molar-refractivity contribution is 7.99. The lowest BCUT2D eigenvalue weighted by molar-refractivity contribution is -0.113. The highest BCUT2D eigenvalue weighted by atomic mass is 32.2. The van der Waals surface area contributed by atoms with Gasteiger partial charge in [0.2, 0.25) is 21.8 Å². The summed E-state index contributed by atoms with van der Waals surface area (Å²) in [4.78, 5) is 11.9.